The maximum Gasteiger partial charge on any atom is 0.234 e. The molecular formula is C10H21N3O. The third-order valence-corrected chi connectivity index (χ3v) is 3.08. The maximum absolute atomic E-state index is 11.0. The van der Waals surface area contributed by atoms with Gasteiger partial charge in [0.05, 0.1) is 6.04 Å². The third kappa shape index (κ3) is 3.27. The number of carbonyl (C=O) groups is 1. The molecule has 1 aliphatic rings. The molecule has 0 spiro atoms. The third-order valence-electron chi connectivity index (χ3n) is 3.08. The van der Waals surface area contributed by atoms with Crippen LogP contribution in [0.4, 0.5) is 0 Å². The number of hydrogen-bond acceptors (Lipinski definition) is 3. The second kappa shape index (κ2) is 5.32. The fourth-order valence-electron chi connectivity index (χ4n) is 1.85. The summed E-state index contributed by atoms with van der Waals surface area (Å²) in [6.07, 6.45) is 2.41. The Balaban J connectivity index is 2.31. The summed E-state index contributed by atoms with van der Waals surface area (Å²) in [6.45, 7) is 5.04. The zero-order valence-corrected chi connectivity index (χ0v) is 9.12. The standard InChI is InChI=1S/C10H21N3O/c1-8(10(11)14)13(2)7-9-3-5-12-6-4-9/h8-9,12H,3-7H2,1-2H3,(H2,11,14). The fraction of sp³-hybridized carbons (Fsp3) is 0.900. The quantitative estimate of drug-likeness (QED) is 0.659. The molecule has 4 heteroatoms. The smallest absolute Gasteiger partial charge is 0.234 e. The molecule has 0 saturated carbocycles. The molecule has 14 heavy (non-hydrogen) atoms. The van der Waals surface area contributed by atoms with Gasteiger partial charge < -0.3 is 11.1 Å². The molecule has 1 aliphatic heterocycles. The summed E-state index contributed by atoms with van der Waals surface area (Å²) in [6, 6.07) is -0.148. The molecule has 0 aromatic heterocycles. The van der Waals surface area contributed by atoms with Gasteiger partial charge in [0, 0.05) is 6.54 Å². The molecule has 0 aromatic carbocycles. The summed E-state index contributed by atoms with van der Waals surface area (Å²) in [5.74, 6) is 0.476. The number of hydrogen-bond donors (Lipinski definition) is 2. The fourth-order valence-corrected chi connectivity index (χ4v) is 1.85. The van der Waals surface area contributed by atoms with Gasteiger partial charge >= 0.3 is 0 Å². The van der Waals surface area contributed by atoms with Gasteiger partial charge in [0.15, 0.2) is 0 Å². The van der Waals surface area contributed by atoms with Crippen LogP contribution in [-0.4, -0.2) is 43.5 Å². The van der Waals surface area contributed by atoms with Crippen LogP contribution in [0.15, 0.2) is 0 Å². The van der Waals surface area contributed by atoms with E-state index in [9.17, 15) is 4.79 Å². The van der Waals surface area contributed by atoms with Crippen LogP contribution < -0.4 is 11.1 Å². The van der Waals surface area contributed by atoms with Gasteiger partial charge in [0.2, 0.25) is 5.91 Å². The Labute approximate surface area is 85.8 Å². The van der Waals surface area contributed by atoms with E-state index in [1.165, 1.54) is 12.8 Å². The Morgan fingerprint density at radius 1 is 1.57 bits per heavy atom. The van der Waals surface area contributed by atoms with Crippen LogP contribution in [0.1, 0.15) is 19.8 Å². The van der Waals surface area contributed by atoms with Crippen molar-refractivity contribution >= 4 is 5.91 Å². The zero-order valence-electron chi connectivity index (χ0n) is 9.12. The minimum absolute atomic E-state index is 0.148. The summed E-state index contributed by atoms with van der Waals surface area (Å²) in [4.78, 5) is 13.0. The van der Waals surface area contributed by atoms with Gasteiger partial charge in [-0.1, -0.05) is 0 Å². The summed E-state index contributed by atoms with van der Waals surface area (Å²) in [7, 11) is 1.97. The van der Waals surface area contributed by atoms with Crippen LogP contribution in [0.3, 0.4) is 0 Å². The first-order chi connectivity index (χ1) is 6.61. The van der Waals surface area contributed by atoms with Gasteiger partial charge in [-0.2, -0.15) is 0 Å². The summed E-state index contributed by atoms with van der Waals surface area (Å²) in [5, 5.41) is 3.33. The lowest BCUT2D eigenvalue weighted by atomic mass is 9.97. The van der Waals surface area contributed by atoms with Crippen molar-refractivity contribution in [2.75, 3.05) is 26.7 Å². The van der Waals surface area contributed by atoms with E-state index in [4.69, 9.17) is 5.73 Å². The highest BCUT2D eigenvalue weighted by Gasteiger charge is 2.20. The van der Waals surface area contributed by atoms with Crippen molar-refractivity contribution in [1.82, 2.24) is 10.2 Å². The van der Waals surface area contributed by atoms with E-state index >= 15 is 0 Å². The van der Waals surface area contributed by atoms with E-state index in [1.54, 1.807) is 0 Å². The second-order valence-corrected chi connectivity index (χ2v) is 4.21. The van der Waals surface area contributed by atoms with E-state index in [-0.39, 0.29) is 11.9 Å². The molecule has 0 radical (unpaired) electrons. The number of piperidine rings is 1. The highest BCUT2D eigenvalue weighted by Crippen LogP contribution is 2.13. The van der Waals surface area contributed by atoms with Crippen LogP contribution in [-0.2, 0) is 4.79 Å². The Kier molecular flexibility index (Phi) is 4.35. The maximum atomic E-state index is 11.0. The van der Waals surface area contributed by atoms with Crippen LogP contribution >= 0.6 is 0 Å². The number of nitrogens with one attached hydrogen (secondary N) is 1. The van der Waals surface area contributed by atoms with Gasteiger partial charge in [-0.05, 0) is 45.8 Å². The van der Waals surface area contributed by atoms with Gasteiger partial charge in [-0.15, -0.1) is 0 Å². The molecule has 4 nitrogen and oxygen atoms in total. The first-order valence-electron chi connectivity index (χ1n) is 5.31. The van der Waals surface area contributed by atoms with E-state index in [0.717, 1.165) is 19.6 Å². The second-order valence-electron chi connectivity index (χ2n) is 4.21. The lowest BCUT2D eigenvalue weighted by Crippen LogP contribution is -2.44. The summed E-state index contributed by atoms with van der Waals surface area (Å²) in [5.41, 5.74) is 5.25. The molecule has 82 valence electrons. The molecule has 0 bridgehead atoms. The Bertz CT molecular complexity index is 190. The molecule has 0 aliphatic carbocycles. The lowest BCUT2D eigenvalue weighted by Gasteiger charge is -2.29. The molecule has 0 aromatic rings. The molecule has 1 fully saturated rings. The number of likely N-dealkylation sites (N-methyl/N-ethyl adjacent to an activating group) is 1. The topological polar surface area (TPSA) is 58.4 Å². The van der Waals surface area contributed by atoms with Crippen molar-refractivity contribution in [1.29, 1.82) is 0 Å². The van der Waals surface area contributed by atoms with Crippen molar-refractivity contribution in [2.24, 2.45) is 11.7 Å². The first-order valence-corrected chi connectivity index (χ1v) is 5.31. The first kappa shape index (κ1) is 11.5. The Hall–Kier alpha value is -0.610. The normalized spacial score (nSPS) is 21.1. The molecule has 1 heterocycles. The molecule has 1 unspecified atom stereocenters. The Morgan fingerprint density at radius 2 is 2.14 bits per heavy atom. The van der Waals surface area contributed by atoms with Crippen LogP contribution in [0.25, 0.3) is 0 Å². The molecular weight excluding hydrogens is 178 g/mol. The van der Waals surface area contributed by atoms with Crippen molar-refractivity contribution in [3.05, 3.63) is 0 Å². The van der Waals surface area contributed by atoms with E-state index in [2.05, 4.69) is 10.2 Å². The lowest BCUT2D eigenvalue weighted by molar-refractivity contribution is -0.122. The number of carbonyl (C=O) groups excluding carboxylic acids is 1. The predicted octanol–water partition coefficient (Wildman–Crippen LogP) is -0.208. The minimum Gasteiger partial charge on any atom is -0.368 e. The van der Waals surface area contributed by atoms with Crippen molar-refractivity contribution in [3.8, 4) is 0 Å². The molecule has 1 atom stereocenters. The number of rotatable bonds is 4. The molecule has 1 saturated heterocycles. The monoisotopic (exact) mass is 199 g/mol. The van der Waals surface area contributed by atoms with Gasteiger partial charge in [0.1, 0.15) is 0 Å². The van der Waals surface area contributed by atoms with Crippen LogP contribution in [0, 0.1) is 5.92 Å². The average Bonchev–Trinajstić information content (AvgIpc) is 2.18. The van der Waals surface area contributed by atoms with Crippen molar-refractivity contribution < 1.29 is 4.79 Å². The van der Waals surface area contributed by atoms with Crippen molar-refractivity contribution in [2.45, 2.75) is 25.8 Å². The predicted molar refractivity (Wildman–Crippen MR) is 56.9 cm³/mol. The van der Waals surface area contributed by atoms with Gasteiger partial charge in [-0.3, -0.25) is 9.69 Å². The molecule has 1 amide bonds. The van der Waals surface area contributed by atoms with E-state index in [1.807, 2.05) is 14.0 Å². The van der Waals surface area contributed by atoms with E-state index < -0.39 is 0 Å². The number of primary amides is 1. The number of amides is 1. The highest BCUT2D eigenvalue weighted by molar-refractivity contribution is 5.79. The summed E-state index contributed by atoms with van der Waals surface area (Å²) < 4.78 is 0. The van der Waals surface area contributed by atoms with E-state index in [0.29, 0.717) is 5.92 Å². The largest absolute Gasteiger partial charge is 0.368 e. The SMILES string of the molecule is CC(C(N)=O)N(C)CC1CCNCC1. The van der Waals surface area contributed by atoms with Gasteiger partial charge in [0.25, 0.3) is 0 Å². The molecule has 3 N–H and O–H groups in total. The van der Waals surface area contributed by atoms with Crippen LogP contribution in [0.5, 0.6) is 0 Å². The summed E-state index contributed by atoms with van der Waals surface area (Å²) >= 11 is 0. The number of nitrogens with zero attached hydrogens (tertiary/aromatic N) is 1. The Morgan fingerprint density at radius 3 is 2.64 bits per heavy atom. The highest BCUT2D eigenvalue weighted by atomic mass is 16.1. The van der Waals surface area contributed by atoms with Crippen LogP contribution in [0.2, 0.25) is 0 Å². The van der Waals surface area contributed by atoms with Gasteiger partial charge in [-0.25, -0.2) is 0 Å². The average molecular weight is 199 g/mol. The minimum atomic E-state index is -0.235. The number of nitrogens with two attached hydrogens (primary N) is 1. The zero-order chi connectivity index (χ0) is 10.6. The molecule has 1 rings (SSSR count). The van der Waals surface area contributed by atoms with Crippen molar-refractivity contribution in [3.63, 3.8) is 0 Å².